The number of nitrogens with zero attached hydrogens (tertiary/aromatic N) is 4. The smallest absolute Gasteiger partial charge is 0.229 e. The molecule has 5 rings (SSSR count). The summed E-state index contributed by atoms with van der Waals surface area (Å²) in [6.45, 7) is 5.67. The van der Waals surface area contributed by atoms with Gasteiger partial charge in [0.05, 0.1) is 24.9 Å². The Morgan fingerprint density at radius 1 is 1.18 bits per heavy atom. The van der Waals surface area contributed by atoms with Crippen LogP contribution in [0.15, 0.2) is 48.7 Å². The lowest BCUT2D eigenvalue weighted by molar-refractivity contribution is -0.120. The quantitative estimate of drug-likeness (QED) is 0.456. The van der Waals surface area contributed by atoms with E-state index in [2.05, 4.69) is 23.2 Å². The van der Waals surface area contributed by atoms with Crippen molar-refractivity contribution in [3.8, 4) is 17.0 Å². The van der Waals surface area contributed by atoms with Gasteiger partial charge < -0.3 is 15.0 Å². The first-order valence-corrected chi connectivity index (χ1v) is 12.0. The van der Waals surface area contributed by atoms with Gasteiger partial charge in [-0.3, -0.25) is 4.79 Å². The number of fused-ring (bicyclic) bond motifs is 1. The van der Waals surface area contributed by atoms with Gasteiger partial charge in [0, 0.05) is 24.3 Å². The Kier molecular flexibility index (Phi) is 5.76. The average molecular weight is 462 g/mol. The number of amides is 1. The van der Waals surface area contributed by atoms with E-state index in [0.29, 0.717) is 6.54 Å². The van der Waals surface area contributed by atoms with Crippen molar-refractivity contribution in [2.45, 2.75) is 26.7 Å². The number of aryl methyl sites for hydroxylation is 1. The number of carbonyl (C=O) groups excluding carboxylic acids is 1. The van der Waals surface area contributed by atoms with E-state index in [-0.39, 0.29) is 11.8 Å². The number of imidazole rings is 1. The van der Waals surface area contributed by atoms with Gasteiger partial charge in [0.2, 0.25) is 16.0 Å². The van der Waals surface area contributed by atoms with Crippen LogP contribution in [0.4, 0.5) is 10.8 Å². The fourth-order valence-electron chi connectivity index (χ4n) is 4.20. The highest BCUT2D eigenvalue weighted by atomic mass is 32.1. The van der Waals surface area contributed by atoms with E-state index in [1.165, 1.54) is 5.56 Å². The zero-order valence-electron chi connectivity index (χ0n) is 19.0. The topological polar surface area (TPSA) is 71.8 Å². The number of piperidine rings is 1. The Bertz CT molecular complexity index is 1260. The third-order valence-corrected chi connectivity index (χ3v) is 7.33. The molecule has 1 atom stereocenters. The molecule has 1 amide bonds. The molecule has 2 aromatic carbocycles. The zero-order valence-corrected chi connectivity index (χ0v) is 19.9. The molecular formula is C25H27N5O2S. The van der Waals surface area contributed by atoms with E-state index in [1.807, 2.05) is 54.0 Å². The summed E-state index contributed by atoms with van der Waals surface area (Å²) in [5.74, 6) is 0.836. The van der Waals surface area contributed by atoms with Crippen LogP contribution >= 0.6 is 11.3 Å². The molecule has 3 heterocycles. The van der Waals surface area contributed by atoms with Crippen LogP contribution in [0.1, 0.15) is 24.0 Å². The first-order valence-electron chi connectivity index (χ1n) is 11.1. The standard InChI is InChI=1S/C25H27N5O2S/c1-16-6-4-8-21(17(16)2)26-23(31)19-7-5-13-29(14-19)25-28-30-15-22(27-24(30)33-25)18-9-11-20(32-3)12-10-18/h4,6,8-12,15,19H,5,7,13-14H2,1-3H3,(H,26,31)/t19-/m0/s1. The molecule has 0 saturated carbocycles. The van der Waals surface area contributed by atoms with Crippen LogP contribution in [0.2, 0.25) is 0 Å². The molecule has 170 valence electrons. The zero-order chi connectivity index (χ0) is 22.9. The molecule has 8 heteroatoms. The SMILES string of the molecule is COc1ccc(-c2cn3nc(N4CCC[C@H](C(=O)Nc5cccc(C)c5C)C4)sc3n2)cc1. The Morgan fingerprint density at radius 2 is 2.00 bits per heavy atom. The van der Waals surface area contributed by atoms with Crippen LogP contribution in [0.25, 0.3) is 16.2 Å². The molecule has 1 aliphatic heterocycles. The molecule has 0 aliphatic carbocycles. The van der Waals surface area contributed by atoms with Crippen LogP contribution < -0.4 is 15.0 Å². The summed E-state index contributed by atoms with van der Waals surface area (Å²) in [4.78, 5) is 20.8. The highest BCUT2D eigenvalue weighted by Crippen LogP contribution is 2.31. The first-order chi connectivity index (χ1) is 16.0. The third kappa shape index (κ3) is 4.30. The van der Waals surface area contributed by atoms with Crippen LogP contribution in [0, 0.1) is 19.8 Å². The summed E-state index contributed by atoms with van der Waals surface area (Å²) in [5, 5.41) is 8.81. The Morgan fingerprint density at radius 3 is 2.76 bits per heavy atom. The van der Waals surface area contributed by atoms with Crippen molar-refractivity contribution in [3.63, 3.8) is 0 Å². The molecular weight excluding hydrogens is 434 g/mol. The molecule has 4 aromatic rings. The highest BCUT2D eigenvalue weighted by Gasteiger charge is 2.28. The second-order valence-electron chi connectivity index (χ2n) is 8.49. The van der Waals surface area contributed by atoms with E-state index < -0.39 is 0 Å². The van der Waals surface area contributed by atoms with Crippen molar-refractivity contribution in [2.75, 3.05) is 30.4 Å². The number of hydrogen-bond acceptors (Lipinski definition) is 6. The van der Waals surface area contributed by atoms with Crippen LogP contribution in [-0.4, -0.2) is 40.7 Å². The minimum absolute atomic E-state index is 0.0651. The van der Waals surface area contributed by atoms with Gasteiger partial charge in [-0.25, -0.2) is 9.50 Å². The van der Waals surface area contributed by atoms with E-state index in [4.69, 9.17) is 14.8 Å². The van der Waals surface area contributed by atoms with Crippen LogP contribution in [0.5, 0.6) is 5.75 Å². The molecule has 1 saturated heterocycles. The number of hydrogen-bond donors (Lipinski definition) is 1. The fraction of sp³-hybridized carbons (Fsp3) is 0.320. The fourth-order valence-corrected chi connectivity index (χ4v) is 5.12. The van der Waals surface area contributed by atoms with Crippen LogP contribution in [0.3, 0.4) is 0 Å². The Labute approximate surface area is 197 Å². The summed E-state index contributed by atoms with van der Waals surface area (Å²) in [5.41, 5.74) is 5.10. The number of methoxy groups -OCH3 is 1. The normalized spacial score (nSPS) is 16.2. The van der Waals surface area contributed by atoms with Crippen molar-refractivity contribution in [1.82, 2.24) is 14.6 Å². The second kappa shape index (κ2) is 8.86. The number of benzene rings is 2. The average Bonchev–Trinajstić information content (AvgIpc) is 3.42. The molecule has 1 N–H and O–H groups in total. The number of carbonyl (C=O) groups is 1. The summed E-state index contributed by atoms with van der Waals surface area (Å²) in [6.07, 6.45) is 3.80. The van der Waals surface area contributed by atoms with E-state index >= 15 is 0 Å². The van der Waals surface area contributed by atoms with Gasteiger partial charge in [0.25, 0.3) is 0 Å². The van der Waals surface area contributed by atoms with Crippen LogP contribution in [-0.2, 0) is 4.79 Å². The number of aromatic nitrogens is 3. The van der Waals surface area contributed by atoms with Crippen molar-refractivity contribution < 1.29 is 9.53 Å². The van der Waals surface area contributed by atoms with Crippen molar-refractivity contribution in [3.05, 3.63) is 59.8 Å². The molecule has 0 radical (unpaired) electrons. The number of anilines is 2. The van der Waals surface area contributed by atoms with Gasteiger partial charge in [0.1, 0.15) is 5.75 Å². The predicted octanol–water partition coefficient (Wildman–Crippen LogP) is 4.94. The molecule has 0 bridgehead atoms. The Balaban J connectivity index is 1.29. The molecule has 0 unspecified atom stereocenters. The maximum atomic E-state index is 13.0. The minimum atomic E-state index is -0.0651. The number of ether oxygens (including phenoxy) is 1. The van der Waals surface area contributed by atoms with E-state index in [1.54, 1.807) is 18.4 Å². The molecule has 1 aliphatic rings. The monoisotopic (exact) mass is 461 g/mol. The van der Waals surface area contributed by atoms with Crippen molar-refractivity contribution in [2.24, 2.45) is 5.92 Å². The summed E-state index contributed by atoms with van der Waals surface area (Å²) in [6, 6.07) is 13.9. The number of nitrogens with one attached hydrogen (secondary N) is 1. The molecule has 1 fully saturated rings. The number of rotatable bonds is 5. The van der Waals surface area contributed by atoms with Gasteiger partial charge in [-0.05, 0) is 68.1 Å². The maximum Gasteiger partial charge on any atom is 0.229 e. The lowest BCUT2D eigenvalue weighted by Crippen LogP contribution is -2.40. The van der Waals surface area contributed by atoms with Gasteiger partial charge in [0.15, 0.2) is 0 Å². The predicted molar refractivity (Wildman–Crippen MR) is 132 cm³/mol. The molecule has 33 heavy (non-hydrogen) atoms. The van der Waals surface area contributed by atoms with Crippen molar-refractivity contribution in [1.29, 1.82) is 0 Å². The summed E-state index contributed by atoms with van der Waals surface area (Å²) in [7, 11) is 1.66. The summed E-state index contributed by atoms with van der Waals surface area (Å²) >= 11 is 1.56. The first kappa shape index (κ1) is 21.5. The highest BCUT2D eigenvalue weighted by molar-refractivity contribution is 7.20. The van der Waals surface area contributed by atoms with Gasteiger partial charge in [-0.1, -0.05) is 23.5 Å². The molecule has 0 spiro atoms. The van der Waals surface area contributed by atoms with Gasteiger partial charge >= 0.3 is 0 Å². The lowest BCUT2D eigenvalue weighted by atomic mass is 9.97. The summed E-state index contributed by atoms with van der Waals surface area (Å²) < 4.78 is 7.06. The maximum absolute atomic E-state index is 13.0. The van der Waals surface area contributed by atoms with E-state index in [9.17, 15) is 4.79 Å². The third-order valence-electron chi connectivity index (χ3n) is 6.34. The minimum Gasteiger partial charge on any atom is -0.497 e. The lowest BCUT2D eigenvalue weighted by Gasteiger charge is -2.31. The second-order valence-corrected chi connectivity index (χ2v) is 9.42. The van der Waals surface area contributed by atoms with Crippen molar-refractivity contribution >= 4 is 33.0 Å². The Hall–Kier alpha value is -3.39. The van der Waals surface area contributed by atoms with E-state index in [0.717, 1.165) is 57.7 Å². The molecule has 2 aromatic heterocycles. The van der Waals surface area contributed by atoms with Gasteiger partial charge in [-0.15, -0.1) is 5.10 Å². The molecule has 7 nitrogen and oxygen atoms in total. The van der Waals surface area contributed by atoms with Gasteiger partial charge in [-0.2, -0.15) is 0 Å². The largest absolute Gasteiger partial charge is 0.497 e.